The first-order valence-corrected chi connectivity index (χ1v) is 5.25. The standard InChI is InChI=1S/C12H14ClNO/c1-4-12(2,3)15-11-6-5-9(8-14)7-10(11)13/h5-7H,4H2,1-3H3. The molecule has 0 heterocycles. The lowest BCUT2D eigenvalue weighted by Crippen LogP contribution is -2.26. The summed E-state index contributed by atoms with van der Waals surface area (Å²) in [5.41, 5.74) is 0.305. The van der Waals surface area contributed by atoms with Gasteiger partial charge in [-0.05, 0) is 38.5 Å². The van der Waals surface area contributed by atoms with Crippen molar-refractivity contribution < 1.29 is 4.74 Å². The number of hydrogen-bond donors (Lipinski definition) is 0. The van der Waals surface area contributed by atoms with Crippen LogP contribution in [0.2, 0.25) is 5.02 Å². The van der Waals surface area contributed by atoms with Crippen molar-refractivity contribution in [1.82, 2.24) is 0 Å². The first kappa shape index (κ1) is 11.9. The molecule has 0 radical (unpaired) electrons. The number of hydrogen-bond acceptors (Lipinski definition) is 2. The lowest BCUT2D eigenvalue weighted by Gasteiger charge is -2.25. The average molecular weight is 224 g/mol. The van der Waals surface area contributed by atoms with Gasteiger partial charge in [0.25, 0.3) is 0 Å². The molecule has 2 nitrogen and oxygen atoms in total. The maximum atomic E-state index is 8.68. The average Bonchev–Trinajstić information content (AvgIpc) is 2.21. The Morgan fingerprint density at radius 2 is 2.13 bits per heavy atom. The minimum Gasteiger partial charge on any atom is -0.486 e. The van der Waals surface area contributed by atoms with Crippen LogP contribution >= 0.6 is 11.6 Å². The van der Waals surface area contributed by atoms with E-state index in [1.54, 1.807) is 18.2 Å². The number of nitriles is 1. The molecule has 0 saturated carbocycles. The van der Waals surface area contributed by atoms with Gasteiger partial charge in [-0.2, -0.15) is 5.26 Å². The minimum atomic E-state index is -0.238. The van der Waals surface area contributed by atoms with E-state index >= 15 is 0 Å². The molecule has 0 unspecified atom stereocenters. The Labute approximate surface area is 95.4 Å². The van der Waals surface area contributed by atoms with Crippen molar-refractivity contribution in [1.29, 1.82) is 5.26 Å². The molecule has 15 heavy (non-hydrogen) atoms. The van der Waals surface area contributed by atoms with Crippen LogP contribution in [0.25, 0.3) is 0 Å². The summed E-state index contributed by atoms with van der Waals surface area (Å²) in [6, 6.07) is 7.08. The van der Waals surface area contributed by atoms with Gasteiger partial charge in [0.15, 0.2) is 0 Å². The Kier molecular flexibility index (Phi) is 3.60. The second-order valence-electron chi connectivity index (χ2n) is 3.97. The number of halogens is 1. The van der Waals surface area contributed by atoms with E-state index in [1.807, 2.05) is 19.9 Å². The highest BCUT2D eigenvalue weighted by atomic mass is 35.5. The molecule has 0 amide bonds. The quantitative estimate of drug-likeness (QED) is 0.781. The summed E-state index contributed by atoms with van der Waals surface area (Å²) in [4.78, 5) is 0. The Hall–Kier alpha value is -1.20. The summed E-state index contributed by atoms with van der Waals surface area (Å²) >= 11 is 6.00. The van der Waals surface area contributed by atoms with Gasteiger partial charge in [-0.15, -0.1) is 0 Å². The summed E-state index contributed by atoms with van der Waals surface area (Å²) in [6.45, 7) is 6.06. The summed E-state index contributed by atoms with van der Waals surface area (Å²) in [6.07, 6.45) is 0.892. The molecule has 0 aromatic heterocycles. The Balaban J connectivity index is 2.93. The van der Waals surface area contributed by atoms with Crippen molar-refractivity contribution in [3.8, 4) is 11.8 Å². The third-order valence-corrected chi connectivity index (χ3v) is 2.59. The molecule has 0 aliphatic carbocycles. The fourth-order valence-electron chi connectivity index (χ4n) is 1.02. The predicted molar refractivity (Wildman–Crippen MR) is 61.2 cm³/mol. The van der Waals surface area contributed by atoms with Crippen molar-refractivity contribution in [2.75, 3.05) is 0 Å². The van der Waals surface area contributed by atoms with Gasteiger partial charge in [0, 0.05) is 0 Å². The first-order valence-electron chi connectivity index (χ1n) is 4.87. The van der Waals surface area contributed by atoms with E-state index in [0.717, 1.165) is 6.42 Å². The van der Waals surface area contributed by atoms with Gasteiger partial charge in [0.2, 0.25) is 0 Å². The fraction of sp³-hybridized carbons (Fsp3) is 0.417. The fourth-order valence-corrected chi connectivity index (χ4v) is 1.24. The summed E-state index contributed by atoms with van der Waals surface area (Å²) in [5, 5.41) is 9.16. The van der Waals surface area contributed by atoms with E-state index < -0.39 is 0 Å². The molecular formula is C12H14ClNO. The van der Waals surface area contributed by atoms with E-state index in [-0.39, 0.29) is 5.60 Å². The van der Waals surface area contributed by atoms with E-state index in [4.69, 9.17) is 21.6 Å². The molecule has 0 saturated heterocycles. The topological polar surface area (TPSA) is 33.0 Å². The minimum absolute atomic E-state index is 0.238. The van der Waals surface area contributed by atoms with Crippen molar-refractivity contribution in [3.63, 3.8) is 0 Å². The van der Waals surface area contributed by atoms with Gasteiger partial charge in [-0.3, -0.25) is 0 Å². The smallest absolute Gasteiger partial charge is 0.138 e. The van der Waals surface area contributed by atoms with Crippen molar-refractivity contribution >= 4 is 11.6 Å². The number of rotatable bonds is 3. The van der Waals surface area contributed by atoms with E-state index in [2.05, 4.69) is 6.92 Å². The Bertz CT molecular complexity index is 393. The zero-order valence-corrected chi connectivity index (χ0v) is 9.93. The largest absolute Gasteiger partial charge is 0.486 e. The van der Waals surface area contributed by atoms with Gasteiger partial charge in [0.05, 0.1) is 16.7 Å². The molecule has 0 atom stereocenters. The van der Waals surface area contributed by atoms with Crippen LogP contribution in [-0.4, -0.2) is 5.60 Å². The van der Waals surface area contributed by atoms with Crippen LogP contribution in [0, 0.1) is 11.3 Å². The van der Waals surface area contributed by atoms with Crippen LogP contribution in [0.15, 0.2) is 18.2 Å². The highest BCUT2D eigenvalue weighted by Crippen LogP contribution is 2.29. The van der Waals surface area contributed by atoms with Crippen LogP contribution in [0.1, 0.15) is 32.8 Å². The summed E-state index contributed by atoms with van der Waals surface area (Å²) in [7, 11) is 0. The lowest BCUT2D eigenvalue weighted by atomic mass is 10.1. The number of benzene rings is 1. The normalized spacial score (nSPS) is 10.9. The Morgan fingerprint density at radius 3 is 2.60 bits per heavy atom. The van der Waals surface area contributed by atoms with Crippen LogP contribution in [0.3, 0.4) is 0 Å². The third kappa shape index (κ3) is 3.14. The van der Waals surface area contributed by atoms with Gasteiger partial charge in [0.1, 0.15) is 11.4 Å². The molecule has 0 aliphatic rings. The highest BCUT2D eigenvalue weighted by molar-refractivity contribution is 6.32. The van der Waals surface area contributed by atoms with Crippen LogP contribution in [-0.2, 0) is 0 Å². The van der Waals surface area contributed by atoms with Gasteiger partial charge < -0.3 is 4.74 Å². The Morgan fingerprint density at radius 1 is 1.47 bits per heavy atom. The van der Waals surface area contributed by atoms with Gasteiger partial charge >= 0.3 is 0 Å². The molecule has 80 valence electrons. The molecule has 1 aromatic carbocycles. The maximum Gasteiger partial charge on any atom is 0.138 e. The monoisotopic (exact) mass is 223 g/mol. The number of nitrogens with zero attached hydrogens (tertiary/aromatic N) is 1. The molecule has 0 N–H and O–H groups in total. The zero-order chi connectivity index (χ0) is 11.5. The van der Waals surface area contributed by atoms with E-state index in [1.165, 1.54) is 0 Å². The molecule has 1 rings (SSSR count). The highest BCUT2D eigenvalue weighted by Gasteiger charge is 2.18. The summed E-state index contributed by atoms with van der Waals surface area (Å²) < 4.78 is 5.74. The van der Waals surface area contributed by atoms with Crippen LogP contribution in [0.4, 0.5) is 0 Å². The van der Waals surface area contributed by atoms with Crippen LogP contribution < -0.4 is 4.74 Å². The SMILES string of the molecule is CCC(C)(C)Oc1ccc(C#N)cc1Cl. The molecule has 0 aliphatic heterocycles. The first-order chi connectivity index (χ1) is 6.98. The van der Waals surface area contributed by atoms with Gasteiger partial charge in [-0.25, -0.2) is 0 Å². The molecule has 0 fully saturated rings. The second kappa shape index (κ2) is 4.55. The third-order valence-electron chi connectivity index (χ3n) is 2.30. The van der Waals surface area contributed by atoms with Gasteiger partial charge in [-0.1, -0.05) is 18.5 Å². The van der Waals surface area contributed by atoms with Crippen molar-refractivity contribution in [2.45, 2.75) is 32.8 Å². The molecule has 0 bridgehead atoms. The summed E-state index contributed by atoms with van der Waals surface area (Å²) in [5.74, 6) is 0.627. The molecule has 0 spiro atoms. The van der Waals surface area contributed by atoms with E-state index in [9.17, 15) is 0 Å². The van der Waals surface area contributed by atoms with Crippen molar-refractivity contribution in [3.05, 3.63) is 28.8 Å². The maximum absolute atomic E-state index is 8.68. The molecular weight excluding hydrogens is 210 g/mol. The molecule has 3 heteroatoms. The lowest BCUT2D eigenvalue weighted by molar-refractivity contribution is 0.105. The van der Waals surface area contributed by atoms with Crippen molar-refractivity contribution in [2.24, 2.45) is 0 Å². The second-order valence-corrected chi connectivity index (χ2v) is 4.38. The van der Waals surface area contributed by atoms with E-state index in [0.29, 0.717) is 16.3 Å². The number of ether oxygens (including phenoxy) is 1. The predicted octanol–water partition coefficient (Wildman–Crippen LogP) is 3.78. The van der Waals surface area contributed by atoms with Crippen LogP contribution in [0.5, 0.6) is 5.75 Å². The zero-order valence-electron chi connectivity index (χ0n) is 9.17. The molecule has 1 aromatic rings.